The molecule has 1 fully saturated rings. The summed E-state index contributed by atoms with van der Waals surface area (Å²) in [5.41, 5.74) is 5.76. The lowest BCUT2D eigenvalue weighted by atomic mass is 10.2. The van der Waals surface area contributed by atoms with Crippen LogP contribution >= 0.6 is 11.8 Å². The molecule has 1 aliphatic rings. The van der Waals surface area contributed by atoms with Crippen LogP contribution < -0.4 is 5.73 Å². The van der Waals surface area contributed by atoms with Gasteiger partial charge >= 0.3 is 0 Å². The molecule has 0 amide bonds. The van der Waals surface area contributed by atoms with Gasteiger partial charge in [-0.1, -0.05) is 5.16 Å². The molecule has 6 heteroatoms. The molecule has 1 aromatic rings. The Bertz CT molecular complexity index is 448. The summed E-state index contributed by atoms with van der Waals surface area (Å²) >= 11 is 1.43. The van der Waals surface area contributed by atoms with Crippen molar-refractivity contribution in [3.05, 3.63) is 29.6 Å². The average molecular weight is 270 g/mol. The van der Waals surface area contributed by atoms with Crippen LogP contribution in [0.1, 0.15) is 18.4 Å². The lowest BCUT2D eigenvalue weighted by Gasteiger charge is -2.09. The molecule has 0 radical (unpaired) electrons. The fourth-order valence-electron chi connectivity index (χ4n) is 1.79. The van der Waals surface area contributed by atoms with Crippen LogP contribution in [0.4, 0.5) is 4.39 Å². The first-order valence-corrected chi connectivity index (χ1v) is 6.71. The summed E-state index contributed by atoms with van der Waals surface area (Å²) in [7, 11) is 0. The van der Waals surface area contributed by atoms with Crippen molar-refractivity contribution in [2.24, 2.45) is 10.9 Å². The van der Waals surface area contributed by atoms with E-state index in [9.17, 15) is 4.39 Å². The molecule has 0 aromatic heterocycles. The smallest absolute Gasteiger partial charge is 0.170 e. The van der Waals surface area contributed by atoms with Crippen LogP contribution in [-0.4, -0.2) is 29.5 Å². The number of halogens is 1. The number of hydrogen-bond acceptors (Lipinski definition) is 4. The van der Waals surface area contributed by atoms with Crippen LogP contribution in [0.15, 0.2) is 28.3 Å². The van der Waals surface area contributed by atoms with Crippen molar-refractivity contribution in [3.8, 4) is 0 Å². The van der Waals surface area contributed by atoms with Crippen molar-refractivity contribution >= 4 is 17.6 Å². The van der Waals surface area contributed by atoms with Gasteiger partial charge in [-0.05, 0) is 31.0 Å². The zero-order valence-corrected chi connectivity index (χ0v) is 10.6. The second kappa shape index (κ2) is 6.06. The topological polar surface area (TPSA) is 67.8 Å². The summed E-state index contributed by atoms with van der Waals surface area (Å²) in [5, 5.41) is 11.4. The normalized spacial score (nSPS) is 20.3. The van der Waals surface area contributed by atoms with Crippen molar-refractivity contribution < 1.29 is 14.3 Å². The highest BCUT2D eigenvalue weighted by molar-refractivity contribution is 7.99. The van der Waals surface area contributed by atoms with E-state index in [1.54, 1.807) is 12.1 Å². The van der Waals surface area contributed by atoms with Crippen LogP contribution in [0.2, 0.25) is 0 Å². The SMILES string of the molecule is N/C(=N/O)c1ccc(SCC2CCCO2)c(F)c1. The number of thioether (sulfide) groups is 1. The van der Waals surface area contributed by atoms with E-state index >= 15 is 0 Å². The Labute approximate surface area is 109 Å². The highest BCUT2D eigenvalue weighted by Gasteiger charge is 2.16. The first-order valence-electron chi connectivity index (χ1n) is 5.72. The van der Waals surface area contributed by atoms with Gasteiger partial charge in [0, 0.05) is 22.8 Å². The molecule has 0 bridgehead atoms. The van der Waals surface area contributed by atoms with Gasteiger partial charge in [0.25, 0.3) is 0 Å². The van der Waals surface area contributed by atoms with Gasteiger partial charge in [0.15, 0.2) is 5.84 Å². The number of ether oxygens (including phenoxy) is 1. The number of nitrogens with zero attached hydrogens (tertiary/aromatic N) is 1. The summed E-state index contributed by atoms with van der Waals surface area (Å²) in [5.74, 6) is 0.298. The van der Waals surface area contributed by atoms with Gasteiger partial charge in [-0.15, -0.1) is 11.8 Å². The Kier molecular flexibility index (Phi) is 4.43. The average Bonchev–Trinajstić information content (AvgIpc) is 2.89. The Hall–Kier alpha value is -1.27. The third kappa shape index (κ3) is 3.14. The van der Waals surface area contributed by atoms with Crippen LogP contribution in [0.3, 0.4) is 0 Å². The summed E-state index contributed by atoms with van der Waals surface area (Å²) in [4.78, 5) is 0.556. The molecule has 0 saturated carbocycles. The number of hydrogen-bond donors (Lipinski definition) is 2. The van der Waals surface area contributed by atoms with E-state index < -0.39 is 0 Å². The Morgan fingerprint density at radius 2 is 2.44 bits per heavy atom. The maximum atomic E-state index is 13.8. The van der Waals surface area contributed by atoms with Gasteiger partial charge in [-0.3, -0.25) is 0 Å². The predicted octanol–water partition coefficient (Wildman–Crippen LogP) is 2.19. The van der Waals surface area contributed by atoms with E-state index in [2.05, 4.69) is 5.16 Å². The molecule has 3 N–H and O–H groups in total. The Balaban J connectivity index is 2.00. The monoisotopic (exact) mass is 270 g/mol. The second-order valence-electron chi connectivity index (χ2n) is 4.08. The molecule has 18 heavy (non-hydrogen) atoms. The van der Waals surface area contributed by atoms with Crippen molar-refractivity contribution in [2.75, 3.05) is 12.4 Å². The van der Waals surface area contributed by atoms with Gasteiger partial charge in [0.05, 0.1) is 6.10 Å². The lowest BCUT2D eigenvalue weighted by Crippen LogP contribution is -2.13. The molecule has 1 aliphatic heterocycles. The number of nitrogens with two attached hydrogens (primary N) is 1. The molecule has 0 spiro atoms. The number of amidine groups is 1. The summed E-state index contributed by atoms with van der Waals surface area (Å²) in [6.07, 6.45) is 2.34. The molecular weight excluding hydrogens is 255 g/mol. The van der Waals surface area contributed by atoms with Crippen LogP contribution in [0.5, 0.6) is 0 Å². The fraction of sp³-hybridized carbons (Fsp3) is 0.417. The minimum atomic E-state index is -0.359. The van der Waals surface area contributed by atoms with Crippen LogP contribution in [-0.2, 0) is 4.74 Å². The summed E-state index contributed by atoms with van der Waals surface area (Å²) in [6.45, 7) is 0.802. The van der Waals surface area contributed by atoms with Gasteiger partial charge < -0.3 is 15.7 Å². The van der Waals surface area contributed by atoms with Gasteiger partial charge in [-0.25, -0.2) is 4.39 Å². The van der Waals surface area contributed by atoms with Crippen molar-refractivity contribution in [3.63, 3.8) is 0 Å². The molecule has 98 valence electrons. The maximum absolute atomic E-state index is 13.8. The van der Waals surface area contributed by atoms with E-state index in [0.29, 0.717) is 10.5 Å². The second-order valence-corrected chi connectivity index (χ2v) is 5.14. The predicted molar refractivity (Wildman–Crippen MR) is 68.6 cm³/mol. The zero-order chi connectivity index (χ0) is 13.0. The molecule has 1 unspecified atom stereocenters. The van der Waals surface area contributed by atoms with E-state index in [0.717, 1.165) is 25.2 Å². The molecule has 0 aliphatic carbocycles. The third-order valence-corrected chi connectivity index (χ3v) is 3.96. The van der Waals surface area contributed by atoms with Crippen LogP contribution in [0.25, 0.3) is 0 Å². The first kappa shape index (κ1) is 13.2. The number of oxime groups is 1. The molecular formula is C12H15FN2O2S. The molecule has 2 rings (SSSR count). The van der Waals surface area contributed by atoms with E-state index in [-0.39, 0.29) is 17.8 Å². The highest BCUT2D eigenvalue weighted by Crippen LogP contribution is 2.26. The highest BCUT2D eigenvalue weighted by atomic mass is 32.2. The molecule has 1 atom stereocenters. The molecule has 1 heterocycles. The summed E-state index contributed by atoms with van der Waals surface area (Å²) in [6, 6.07) is 4.55. The quantitative estimate of drug-likeness (QED) is 0.289. The summed E-state index contributed by atoms with van der Waals surface area (Å²) < 4.78 is 19.2. The molecule has 1 aromatic carbocycles. The van der Waals surface area contributed by atoms with Crippen molar-refractivity contribution in [1.82, 2.24) is 0 Å². The Morgan fingerprint density at radius 3 is 3.06 bits per heavy atom. The maximum Gasteiger partial charge on any atom is 0.170 e. The van der Waals surface area contributed by atoms with E-state index in [4.69, 9.17) is 15.7 Å². The van der Waals surface area contributed by atoms with Gasteiger partial charge in [0.1, 0.15) is 5.82 Å². The fourth-order valence-corrected chi connectivity index (χ4v) is 2.78. The van der Waals surface area contributed by atoms with Crippen LogP contribution in [0, 0.1) is 5.82 Å². The minimum absolute atomic E-state index is 0.0930. The number of rotatable bonds is 4. The first-order chi connectivity index (χ1) is 8.70. The van der Waals surface area contributed by atoms with Gasteiger partial charge in [-0.2, -0.15) is 0 Å². The van der Waals surface area contributed by atoms with E-state index in [1.165, 1.54) is 17.8 Å². The zero-order valence-electron chi connectivity index (χ0n) is 9.80. The van der Waals surface area contributed by atoms with Gasteiger partial charge in [0.2, 0.25) is 0 Å². The van der Waals surface area contributed by atoms with Crippen molar-refractivity contribution in [1.29, 1.82) is 0 Å². The molecule has 4 nitrogen and oxygen atoms in total. The lowest BCUT2D eigenvalue weighted by molar-refractivity contribution is 0.129. The minimum Gasteiger partial charge on any atom is -0.409 e. The van der Waals surface area contributed by atoms with Crippen molar-refractivity contribution in [2.45, 2.75) is 23.8 Å². The number of benzene rings is 1. The Morgan fingerprint density at radius 1 is 1.61 bits per heavy atom. The standard InChI is InChI=1S/C12H15FN2O2S/c13-10-6-8(12(14)15-16)3-4-11(10)18-7-9-2-1-5-17-9/h3-4,6,9,16H,1-2,5,7H2,(H2,14,15). The third-order valence-electron chi connectivity index (χ3n) is 2.78. The van der Waals surface area contributed by atoms with E-state index in [1.807, 2.05) is 0 Å². The molecule has 1 saturated heterocycles. The largest absolute Gasteiger partial charge is 0.409 e.